The summed E-state index contributed by atoms with van der Waals surface area (Å²) in [7, 11) is -1.80. The number of imidazole rings is 1. The Bertz CT molecular complexity index is 1140. The molecule has 150 valence electrons. The summed E-state index contributed by atoms with van der Waals surface area (Å²) in [5.41, 5.74) is 4.87. The molecule has 1 unspecified atom stereocenters. The van der Waals surface area contributed by atoms with Crippen LogP contribution in [-0.2, 0) is 17.1 Å². The fourth-order valence-electron chi connectivity index (χ4n) is 4.74. The SMILES string of the molecule is Cc1ccccc1-c1ccc(C2[C@H]3CNC[C@@H]2N3S(=O)(=O)c2cn(C)cn2)cc1. The first kappa shape index (κ1) is 18.5. The Morgan fingerprint density at radius 2 is 1.72 bits per heavy atom. The second-order valence-electron chi connectivity index (χ2n) is 7.97. The van der Waals surface area contributed by atoms with E-state index in [1.165, 1.54) is 28.6 Å². The van der Waals surface area contributed by atoms with E-state index < -0.39 is 10.0 Å². The van der Waals surface area contributed by atoms with Gasteiger partial charge in [0.1, 0.15) is 0 Å². The van der Waals surface area contributed by atoms with Gasteiger partial charge in [0.05, 0.1) is 6.33 Å². The summed E-state index contributed by atoms with van der Waals surface area (Å²) in [6.45, 7) is 3.44. The molecule has 0 aliphatic carbocycles. The lowest BCUT2D eigenvalue weighted by atomic mass is 9.74. The summed E-state index contributed by atoms with van der Waals surface area (Å²) in [6, 6.07) is 16.8. The summed E-state index contributed by atoms with van der Waals surface area (Å²) in [5, 5.41) is 3.49. The zero-order valence-corrected chi connectivity index (χ0v) is 17.3. The molecule has 3 aromatic rings. The molecule has 0 amide bonds. The normalized spacial score (nSPS) is 24.3. The van der Waals surface area contributed by atoms with Gasteiger partial charge in [-0.2, -0.15) is 4.31 Å². The maximum atomic E-state index is 13.1. The minimum Gasteiger partial charge on any atom is -0.339 e. The van der Waals surface area contributed by atoms with Gasteiger partial charge < -0.3 is 9.88 Å². The summed E-state index contributed by atoms with van der Waals surface area (Å²) in [5.74, 6) is 0.209. The van der Waals surface area contributed by atoms with Crippen molar-refractivity contribution in [1.82, 2.24) is 19.2 Å². The molecule has 2 fully saturated rings. The van der Waals surface area contributed by atoms with E-state index in [4.69, 9.17) is 0 Å². The zero-order chi connectivity index (χ0) is 20.2. The number of aromatic nitrogens is 2. The van der Waals surface area contributed by atoms with Crippen molar-refractivity contribution in [2.75, 3.05) is 13.1 Å². The van der Waals surface area contributed by atoms with Crippen molar-refractivity contribution >= 4 is 10.0 Å². The van der Waals surface area contributed by atoms with Gasteiger partial charge in [0.15, 0.2) is 5.03 Å². The molecule has 2 aliphatic heterocycles. The molecule has 0 spiro atoms. The predicted octanol–water partition coefficient (Wildman–Crippen LogP) is 2.52. The first-order chi connectivity index (χ1) is 14.0. The van der Waals surface area contributed by atoms with E-state index in [0.29, 0.717) is 13.1 Å². The number of hydrogen-bond donors (Lipinski definition) is 1. The van der Waals surface area contributed by atoms with Crippen LogP contribution in [0.3, 0.4) is 0 Å². The van der Waals surface area contributed by atoms with Crippen molar-refractivity contribution in [2.24, 2.45) is 7.05 Å². The number of nitrogens with zero attached hydrogens (tertiary/aromatic N) is 3. The van der Waals surface area contributed by atoms with Crippen molar-refractivity contribution in [3.63, 3.8) is 0 Å². The number of benzene rings is 2. The molecule has 2 bridgehead atoms. The van der Waals surface area contributed by atoms with Crippen LogP contribution >= 0.6 is 0 Å². The lowest BCUT2D eigenvalue weighted by Crippen LogP contribution is -2.73. The lowest BCUT2D eigenvalue weighted by molar-refractivity contribution is 0.0368. The van der Waals surface area contributed by atoms with Crippen LogP contribution in [0.15, 0.2) is 66.1 Å². The third-order valence-electron chi connectivity index (χ3n) is 6.16. The molecule has 5 rings (SSSR count). The van der Waals surface area contributed by atoms with Crippen molar-refractivity contribution in [2.45, 2.75) is 30.0 Å². The van der Waals surface area contributed by atoms with Crippen LogP contribution in [-0.4, -0.2) is 47.4 Å². The van der Waals surface area contributed by atoms with Gasteiger partial charge in [0, 0.05) is 44.3 Å². The minimum atomic E-state index is -3.58. The summed E-state index contributed by atoms with van der Waals surface area (Å²) < 4.78 is 29.6. The molecule has 29 heavy (non-hydrogen) atoms. The molecule has 2 saturated heterocycles. The van der Waals surface area contributed by atoms with Gasteiger partial charge >= 0.3 is 0 Å². The maximum Gasteiger partial charge on any atom is 0.262 e. The number of hydrogen-bond acceptors (Lipinski definition) is 4. The summed E-state index contributed by atoms with van der Waals surface area (Å²) in [6.07, 6.45) is 3.10. The molecule has 2 aromatic carbocycles. The Kier molecular flexibility index (Phi) is 4.34. The molecular formula is C22H24N4O2S. The average molecular weight is 409 g/mol. The van der Waals surface area contributed by atoms with Gasteiger partial charge in [0.2, 0.25) is 0 Å². The Balaban J connectivity index is 1.43. The standard InChI is InChI=1S/C22H24N4O2S/c1-15-5-3-4-6-18(15)16-7-9-17(10-8-16)22-19-11-23-12-20(22)26(19)29(27,28)21-13-25(2)14-24-21/h3-10,13-14,19-20,22-23H,11-12H2,1-2H3/t19-,20+,22?. The summed E-state index contributed by atoms with van der Waals surface area (Å²) >= 11 is 0. The van der Waals surface area contributed by atoms with Gasteiger partial charge in [-0.25, -0.2) is 13.4 Å². The van der Waals surface area contributed by atoms with Crippen LogP contribution in [0.2, 0.25) is 0 Å². The Labute approximate surface area is 171 Å². The van der Waals surface area contributed by atoms with Crippen LogP contribution in [0.1, 0.15) is 17.0 Å². The van der Waals surface area contributed by atoms with Crippen LogP contribution in [0, 0.1) is 6.92 Å². The van der Waals surface area contributed by atoms with Crippen molar-refractivity contribution in [3.8, 4) is 11.1 Å². The van der Waals surface area contributed by atoms with Gasteiger partial charge in [-0.15, -0.1) is 0 Å². The van der Waals surface area contributed by atoms with Crippen LogP contribution < -0.4 is 5.32 Å². The second kappa shape index (κ2) is 6.79. The van der Waals surface area contributed by atoms with E-state index in [-0.39, 0.29) is 23.0 Å². The minimum absolute atomic E-state index is 0.0786. The van der Waals surface area contributed by atoms with Crippen molar-refractivity contribution < 1.29 is 8.42 Å². The highest BCUT2D eigenvalue weighted by Crippen LogP contribution is 2.45. The van der Waals surface area contributed by atoms with E-state index >= 15 is 0 Å². The Hall–Kier alpha value is -2.48. The van der Waals surface area contributed by atoms with Gasteiger partial charge in [0.25, 0.3) is 10.0 Å². The highest BCUT2D eigenvalue weighted by Gasteiger charge is 2.57. The monoisotopic (exact) mass is 408 g/mol. The molecule has 0 saturated carbocycles. The van der Waals surface area contributed by atoms with Crippen molar-refractivity contribution in [3.05, 3.63) is 72.2 Å². The maximum absolute atomic E-state index is 13.1. The zero-order valence-electron chi connectivity index (χ0n) is 16.5. The number of piperidine rings is 1. The number of piperazine rings is 1. The quantitative estimate of drug-likeness (QED) is 0.720. The molecule has 2 aliphatic rings. The Morgan fingerprint density at radius 1 is 1.03 bits per heavy atom. The largest absolute Gasteiger partial charge is 0.339 e. The predicted molar refractivity (Wildman–Crippen MR) is 112 cm³/mol. The van der Waals surface area contributed by atoms with E-state index in [1.807, 2.05) is 6.07 Å². The van der Waals surface area contributed by atoms with E-state index in [2.05, 4.69) is 59.7 Å². The third kappa shape index (κ3) is 2.92. The molecule has 1 aromatic heterocycles. The van der Waals surface area contributed by atoms with Gasteiger partial charge in [-0.3, -0.25) is 0 Å². The fraction of sp³-hybridized carbons (Fsp3) is 0.318. The molecule has 3 heterocycles. The molecule has 3 atom stereocenters. The van der Waals surface area contributed by atoms with E-state index in [9.17, 15) is 8.42 Å². The number of aryl methyl sites for hydroxylation is 2. The van der Waals surface area contributed by atoms with Crippen LogP contribution in [0.25, 0.3) is 11.1 Å². The molecule has 1 N–H and O–H groups in total. The number of rotatable bonds is 4. The van der Waals surface area contributed by atoms with Crippen LogP contribution in [0.5, 0.6) is 0 Å². The smallest absolute Gasteiger partial charge is 0.262 e. The molecule has 0 radical (unpaired) electrons. The number of sulfonamides is 1. The number of fused-ring (bicyclic) bond motifs is 2. The van der Waals surface area contributed by atoms with Crippen molar-refractivity contribution in [1.29, 1.82) is 0 Å². The van der Waals surface area contributed by atoms with Gasteiger partial charge in [-0.1, -0.05) is 48.5 Å². The van der Waals surface area contributed by atoms with Gasteiger partial charge in [-0.05, 0) is 29.2 Å². The topological polar surface area (TPSA) is 67.2 Å². The fourth-order valence-corrected chi connectivity index (χ4v) is 6.56. The molecule has 6 nitrogen and oxygen atoms in total. The first-order valence-electron chi connectivity index (χ1n) is 9.85. The van der Waals surface area contributed by atoms with Crippen LogP contribution in [0.4, 0.5) is 0 Å². The third-order valence-corrected chi connectivity index (χ3v) is 8.00. The number of nitrogens with one attached hydrogen (secondary N) is 1. The first-order valence-corrected chi connectivity index (χ1v) is 11.3. The lowest BCUT2D eigenvalue weighted by Gasteiger charge is -2.57. The second-order valence-corrected chi connectivity index (χ2v) is 9.76. The molecule has 7 heteroatoms. The highest BCUT2D eigenvalue weighted by atomic mass is 32.2. The van der Waals surface area contributed by atoms with E-state index in [1.54, 1.807) is 22.1 Å². The average Bonchev–Trinajstić information content (AvgIpc) is 3.17. The Morgan fingerprint density at radius 3 is 2.34 bits per heavy atom. The molecular weight excluding hydrogens is 384 g/mol. The summed E-state index contributed by atoms with van der Waals surface area (Å²) in [4.78, 5) is 4.08. The van der Waals surface area contributed by atoms with E-state index in [0.717, 1.165) is 0 Å². The highest BCUT2D eigenvalue weighted by molar-refractivity contribution is 7.89.